The first-order valence-electron chi connectivity index (χ1n) is 8.03. The van der Waals surface area contributed by atoms with E-state index in [0.29, 0.717) is 17.9 Å². The summed E-state index contributed by atoms with van der Waals surface area (Å²) in [7, 11) is 0. The van der Waals surface area contributed by atoms with Crippen LogP contribution in [0.4, 0.5) is 5.69 Å². The van der Waals surface area contributed by atoms with Gasteiger partial charge in [-0.2, -0.15) is 0 Å². The third-order valence-electron chi connectivity index (χ3n) is 3.22. The summed E-state index contributed by atoms with van der Waals surface area (Å²) < 4.78 is 15.8. The predicted octanol–water partition coefficient (Wildman–Crippen LogP) is 3.63. The van der Waals surface area contributed by atoms with E-state index in [1.54, 1.807) is 36.4 Å². The zero-order valence-electron chi connectivity index (χ0n) is 14.3. The van der Waals surface area contributed by atoms with Gasteiger partial charge in [-0.1, -0.05) is 12.1 Å². The third kappa shape index (κ3) is 6.27. The number of ether oxygens (including phenoxy) is 3. The van der Waals surface area contributed by atoms with Crippen molar-refractivity contribution in [2.45, 2.75) is 6.92 Å². The number of benzene rings is 2. The number of hydrogen-bond acceptors (Lipinski definition) is 6. The lowest BCUT2D eigenvalue weighted by molar-refractivity contribution is -0.384. The molecule has 0 N–H and O–H groups in total. The normalized spacial score (nSPS) is 10.5. The van der Waals surface area contributed by atoms with Gasteiger partial charge in [-0.15, -0.1) is 0 Å². The van der Waals surface area contributed by atoms with Crippen LogP contribution in [-0.4, -0.2) is 30.7 Å². The molecule has 0 saturated carbocycles. The predicted molar refractivity (Wildman–Crippen MR) is 96.2 cm³/mol. The Balaban J connectivity index is 1.73. The summed E-state index contributed by atoms with van der Waals surface area (Å²) in [6.07, 6.45) is 2.68. The van der Waals surface area contributed by atoms with Gasteiger partial charge in [0.05, 0.1) is 11.5 Å². The molecule has 0 radical (unpaired) electrons. The topological polar surface area (TPSA) is 87.9 Å². The van der Waals surface area contributed by atoms with Gasteiger partial charge in [0.25, 0.3) is 5.69 Å². The zero-order valence-corrected chi connectivity index (χ0v) is 14.3. The number of rotatable bonds is 9. The monoisotopic (exact) mass is 357 g/mol. The molecule has 0 aliphatic rings. The van der Waals surface area contributed by atoms with E-state index in [0.717, 1.165) is 5.75 Å². The van der Waals surface area contributed by atoms with Crippen molar-refractivity contribution < 1.29 is 23.9 Å². The Labute approximate surface area is 151 Å². The van der Waals surface area contributed by atoms with E-state index in [4.69, 9.17) is 14.2 Å². The second-order valence-corrected chi connectivity index (χ2v) is 5.11. The summed E-state index contributed by atoms with van der Waals surface area (Å²) >= 11 is 0. The number of carbonyl (C=O) groups is 1. The molecule has 2 rings (SSSR count). The molecule has 0 aliphatic carbocycles. The molecule has 0 atom stereocenters. The van der Waals surface area contributed by atoms with Gasteiger partial charge in [-0.3, -0.25) is 10.1 Å². The second kappa shape index (κ2) is 9.83. The fraction of sp³-hybridized carbons (Fsp3) is 0.211. The van der Waals surface area contributed by atoms with Crippen molar-refractivity contribution in [2.75, 3.05) is 19.8 Å². The molecular formula is C19H19NO6. The highest BCUT2D eigenvalue weighted by Gasteiger charge is 2.04. The molecule has 0 aliphatic heterocycles. The van der Waals surface area contributed by atoms with Gasteiger partial charge in [-0.25, -0.2) is 4.79 Å². The molecule has 0 bridgehead atoms. The third-order valence-corrected chi connectivity index (χ3v) is 3.22. The summed E-state index contributed by atoms with van der Waals surface area (Å²) in [4.78, 5) is 21.9. The lowest BCUT2D eigenvalue weighted by atomic mass is 10.2. The largest absolute Gasteiger partial charge is 0.494 e. The van der Waals surface area contributed by atoms with Crippen LogP contribution < -0.4 is 9.47 Å². The summed E-state index contributed by atoms with van der Waals surface area (Å²) in [6, 6.07) is 13.1. The number of esters is 1. The van der Waals surface area contributed by atoms with Crippen LogP contribution in [0.15, 0.2) is 54.6 Å². The molecular weight excluding hydrogens is 338 g/mol. The fourth-order valence-electron chi connectivity index (χ4n) is 2.05. The Hall–Kier alpha value is -3.35. The van der Waals surface area contributed by atoms with Crippen molar-refractivity contribution in [3.05, 3.63) is 70.3 Å². The molecule has 26 heavy (non-hydrogen) atoms. The zero-order chi connectivity index (χ0) is 18.8. The van der Waals surface area contributed by atoms with Gasteiger partial charge in [0.15, 0.2) is 0 Å². The maximum atomic E-state index is 11.6. The highest BCUT2D eigenvalue weighted by molar-refractivity contribution is 5.87. The van der Waals surface area contributed by atoms with E-state index >= 15 is 0 Å². The number of nitrogens with zero attached hydrogens (tertiary/aromatic N) is 1. The first-order valence-corrected chi connectivity index (χ1v) is 8.03. The second-order valence-electron chi connectivity index (χ2n) is 5.11. The van der Waals surface area contributed by atoms with Crippen molar-refractivity contribution in [3.8, 4) is 11.5 Å². The maximum absolute atomic E-state index is 11.6. The Bertz CT molecular complexity index is 770. The van der Waals surface area contributed by atoms with Crippen molar-refractivity contribution in [3.63, 3.8) is 0 Å². The quantitative estimate of drug-likeness (QED) is 0.224. The van der Waals surface area contributed by atoms with Gasteiger partial charge >= 0.3 is 5.97 Å². The number of non-ortho nitro benzene ring substituents is 1. The van der Waals surface area contributed by atoms with Crippen LogP contribution >= 0.6 is 0 Å². The van der Waals surface area contributed by atoms with Gasteiger partial charge in [0.2, 0.25) is 0 Å². The molecule has 2 aromatic carbocycles. The Kier molecular flexibility index (Phi) is 7.17. The summed E-state index contributed by atoms with van der Waals surface area (Å²) in [5.74, 6) is 0.862. The summed E-state index contributed by atoms with van der Waals surface area (Å²) in [5, 5.41) is 10.7. The number of nitro groups is 1. The minimum absolute atomic E-state index is 0.0377. The van der Waals surface area contributed by atoms with E-state index in [1.807, 2.05) is 6.92 Å². The molecule has 0 aromatic heterocycles. The molecule has 0 heterocycles. The van der Waals surface area contributed by atoms with Gasteiger partial charge in [0.1, 0.15) is 24.7 Å². The van der Waals surface area contributed by atoms with E-state index < -0.39 is 10.9 Å². The molecule has 0 unspecified atom stereocenters. The average Bonchev–Trinajstić information content (AvgIpc) is 2.65. The van der Waals surface area contributed by atoms with Crippen molar-refractivity contribution >= 4 is 17.7 Å². The SMILES string of the molecule is CCOc1ccc(OCCOC(=O)/C=C/c2cccc([N+](=O)[O-])c2)cc1. The molecule has 7 nitrogen and oxygen atoms in total. The van der Waals surface area contributed by atoms with E-state index in [1.165, 1.54) is 24.3 Å². The smallest absolute Gasteiger partial charge is 0.330 e. The van der Waals surface area contributed by atoms with E-state index in [-0.39, 0.29) is 18.9 Å². The van der Waals surface area contributed by atoms with Crippen LogP contribution in [0.1, 0.15) is 12.5 Å². The van der Waals surface area contributed by atoms with Crippen molar-refractivity contribution in [1.82, 2.24) is 0 Å². The van der Waals surface area contributed by atoms with Gasteiger partial charge in [0, 0.05) is 18.2 Å². The Morgan fingerprint density at radius 2 is 1.77 bits per heavy atom. The van der Waals surface area contributed by atoms with Gasteiger partial charge < -0.3 is 14.2 Å². The van der Waals surface area contributed by atoms with Crippen LogP contribution in [0.25, 0.3) is 6.08 Å². The van der Waals surface area contributed by atoms with Crippen molar-refractivity contribution in [2.24, 2.45) is 0 Å². The maximum Gasteiger partial charge on any atom is 0.330 e. The first kappa shape index (κ1) is 19.0. The Morgan fingerprint density at radius 1 is 1.08 bits per heavy atom. The number of carbonyl (C=O) groups excluding carboxylic acids is 1. The lowest BCUT2D eigenvalue weighted by Crippen LogP contribution is -2.10. The highest BCUT2D eigenvalue weighted by Crippen LogP contribution is 2.17. The van der Waals surface area contributed by atoms with Crippen LogP contribution in [0, 0.1) is 10.1 Å². The van der Waals surface area contributed by atoms with Crippen LogP contribution in [0.5, 0.6) is 11.5 Å². The molecule has 0 amide bonds. The highest BCUT2D eigenvalue weighted by atomic mass is 16.6. The molecule has 7 heteroatoms. The fourth-order valence-corrected chi connectivity index (χ4v) is 2.05. The summed E-state index contributed by atoms with van der Waals surface area (Å²) in [6.45, 7) is 2.81. The first-order chi connectivity index (χ1) is 12.6. The number of nitro benzene ring substituents is 1. The van der Waals surface area contributed by atoms with Crippen LogP contribution in [0.3, 0.4) is 0 Å². The Morgan fingerprint density at radius 3 is 2.42 bits per heavy atom. The minimum atomic E-state index is -0.549. The standard InChI is InChI=1S/C19H19NO6/c1-2-24-17-7-9-18(10-8-17)25-12-13-26-19(21)11-6-15-4-3-5-16(14-15)20(22)23/h3-11,14H,2,12-13H2,1H3/b11-6+. The average molecular weight is 357 g/mol. The van der Waals surface area contributed by atoms with E-state index in [2.05, 4.69) is 0 Å². The number of hydrogen-bond donors (Lipinski definition) is 0. The molecule has 136 valence electrons. The molecule has 2 aromatic rings. The minimum Gasteiger partial charge on any atom is -0.494 e. The van der Waals surface area contributed by atoms with Crippen LogP contribution in [-0.2, 0) is 9.53 Å². The summed E-state index contributed by atoms with van der Waals surface area (Å²) in [5.41, 5.74) is 0.506. The molecule has 0 spiro atoms. The molecule has 0 fully saturated rings. The lowest BCUT2D eigenvalue weighted by Gasteiger charge is -2.07. The van der Waals surface area contributed by atoms with Gasteiger partial charge in [-0.05, 0) is 42.8 Å². The van der Waals surface area contributed by atoms with Crippen LogP contribution in [0.2, 0.25) is 0 Å². The molecule has 0 saturated heterocycles. The van der Waals surface area contributed by atoms with E-state index in [9.17, 15) is 14.9 Å². The van der Waals surface area contributed by atoms with Crippen molar-refractivity contribution in [1.29, 1.82) is 0 Å².